The molecule has 0 saturated carbocycles. The van der Waals surface area contributed by atoms with Crippen LogP contribution in [0.25, 0.3) is 0 Å². The highest BCUT2D eigenvalue weighted by Gasteiger charge is 2.32. The van der Waals surface area contributed by atoms with Gasteiger partial charge in [0.2, 0.25) is 21.8 Å². The van der Waals surface area contributed by atoms with Crippen LogP contribution in [0.5, 0.6) is 11.5 Å². The minimum atomic E-state index is -3.93. The monoisotopic (exact) mass is 539 g/mol. The van der Waals surface area contributed by atoms with Crippen molar-refractivity contribution in [1.29, 1.82) is 0 Å². The van der Waals surface area contributed by atoms with Crippen molar-refractivity contribution in [2.75, 3.05) is 31.3 Å². The molecular weight excluding hydrogens is 506 g/mol. The molecule has 0 saturated heterocycles. The lowest BCUT2D eigenvalue weighted by Gasteiger charge is -2.32. The lowest BCUT2D eigenvalue weighted by molar-refractivity contribution is -0.139. The van der Waals surface area contributed by atoms with Crippen LogP contribution < -0.4 is 19.1 Å². The second-order valence-corrected chi connectivity index (χ2v) is 10.7. The zero-order valence-electron chi connectivity index (χ0n) is 21.4. The van der Waals surface area contributed by atoms with Crippen molar-refractivity contribution < 1.29 is 27.5 Å². The van der Waals surface area contributed by atoms with Crippen LogP contribution >= 0.6 is 11.6 Å². The molecule has 9 nitrogen and oxygen atoms in total. The molecule has 0 aromatic heterocycles. The normalized spacial score (nSPS) is 12.9. The first-order chi connectivity index (χ1) is 16.9. The molecule has 11 heteroatoms. The van der Waals surface area contributed by atoms with Crippen LogP contribution in [0.4, 0.5) is 5.69 Å². The molecule has 2 atom stereocenters. The number of amides is 2. The first kappa shape index (κ1) is 29.3. The molecule has 0 radical (unpaired) electrons. The zero-order valence-corrected chi connectivity index (χ0v) is 23.0. The molecule has 0 aliphatic rings. The summed E-state index contributed by atoms with van der Waals surface area (Å²) in [4.78, 5) is 28.0. The maximum absolute atomic E-state index is 13.7. The van der Waals surface area contributed by atoms with Crippen molar-refractivity contribution in [2.45, 2.75) is 45.8 Å². The lowest BCUT2D eigenvalue weighted by atomic mass is 10.1. The van der Waals surface area contributed by atoms with Gasteiger partial charge in [0, 0.05) is 23.7 Å². The van der Waals surface area contributed by atoms with E-state index in [1.165, 1.54) is 25.2 Å². The topological polar surface area (TPSA) is 105 Å². The maximum Gasteiger partial charge on any atom is 0.244 e. The van der Waals surface area contributed by atoms with Gasteiger partial charge in [0.1, 0.15) is 24.1 Å². The Balaban J connectivity index is 2.49. The van der Waals surface area contributed by atoms with E-state index in [9.17, 15) is 18.0 Å². The summed E-state index contributed by atoms with van der Waals surface area (Å²) in [5.41, 5.74) is 0.766. The number of sulfonamides is 1. The molecule has 1 N–H and O–H groups in total. The summed E-state index contributed by atoms with van der Waals surface area (Å²) in [6.07, 6.45) is 1.71. The summed E-state index contributed by atoms with van der Waals surface area (Å²) in [7, 11) is -1.08. The number of methoxy groups -OCH3 is 2. The summed E-state index contributed by atoms with van der Waals surface area (Å²) >= 11 is 6.34. The molecule has 0 unspecified atom stereocenters. The number of hydrogen-bond acceptors (Lipinski definition) is 6. The predicted octanol–water partition coefficient (Wildman–Crippen LogP) is 3.46. The second-order valence-electron chi connectivity index (χ2n) is 8.41. The number of benzene rings is 2. The van der Waals surface area contributed by atoms with Gasteiger partial charge in [0.05, 0.1) is 26.2 Å². The molecular formula is C25H34ClN3O6S. The summed E-state index contributed by atoms with van der Waals surface area (Å²) in [5.74, 6) is -0.304. The van der Waals surface area contributed by atoms with Crippen LogP contribution in [0.15, 0.2) is 42.5 Å². The Morgan fingerprint density at radius 1 is 1.08 bits per heavy atom. The van der Waals surface area contributed by atoms with Crippen molar-refractivity contribution >= 4 is 39.1 Å². The molecule has 2 amide bonds. The Morgan fingerprint density at radius 2 is 1.75 bits per heavy atom. The van der Waals surface area contributed by atoms with Gasteiger partial charge in [-0.05, 0) is 44.0 Å². The Hall–Kier alpha value is -2.98. The fraction of sp³-hybridized carbons (Fsp3) is 0.440. The average Bonchev–Trinajstić information content (AvgIpc) is 2.84. The van der Waals surface area contributed by atoms with Gasteiger partial charge in [0.25, 0.3) is 0 Å². The molecule has 0 aliphatic heterocycles. The molecule has 0 spiro atoms. The van der Waals surface area contributed by atoms with E-state index >= 15 is 0 Å². The lowest BCUT2D eigenvalue weighted by Crippen LogP contribution is -2.52. The SMILES string of the molecule is CC[C@@H](C)NC(=O)[C@@H](C)N(Cc1ccccc1Cl)C(=O)CN(c1cc(OC)ccc1OC)S(C)(=O)=O. The van der Waals surface area contributed by atoms with Crippen LogP contribution in [-0.4, -0.2) is 64.2 Å². The smallest absolute Gasteiger partial charge is 0.244 e. The van der Waals surface area contributed by atoms with E-state index in [0.29, 0.717) is 22.8 Å². The standard InChI is InChI=1S/C25H34ClN3O6S/c1-7-17(2)27-25(31)18(3)28(15-19-10-8-9-11-21(19)26)24(30)16-29(36(6,32)33)22-14-20(34-4)12-13-23(22)35-5/h8-14,17-18H,7,15-16H2,1-6H3,(H,27,31)/t17-,18-/m1/s1. The van der Waals surface area contributed by atoms with Crippen LogP contribution in [-0.2, 0) is 26.2 Å². The minimum absolute atomic E-state index is 0.0143. The highest BCUT2D eigenvalue weighted by atomic mass is 35.5. The summed E-state index contributed by atoms with van der Waals surface area (Å²) in [6, 6.07) is 10.6. The van der Waals surface area contributed by atoms with Gasteiger partial charge < -0.3 is 19.7 Å². The largest absolute Gasteiger partial charge is 0.497 e. The number of halogens is 1. The van der Waals surface area contributed by atoms with E-state index in [0.717, 1.165) is 10.6 Å². The number of nitrogens with one attached hydrogen (secondary N) is 1. The third-order valence-electron chi connectivity index (χ3n) is 5.80. The molecule has 0 fully saturated rings. The van der Waals surface area contributed by atoms with Gasteiger partial charge in [-0.3, -0.25) is 13.9 Å². The van der Waals surface area contributed by atoms with Crippen LogP contribution in [0, 0.1) is 0 Å². The predicted molar refractivity (Wildman–Crippen MR) is 141 cm³/mol. The number of nitrogens with zero attached hydrogens (tertiary/aromatic N) is 2. The average molecular weight is 540 g/mol. The first-order valence-corrected chi connectivity index (χ1v) is 13.7. The van der Waals surface area contributed by atoms with Crippen LogP contribution in [0.3, 0.4) is 0 Å². The quantitative estimate of drug-likeness (QED) is 0.443. The molecule has 0 aliphatic carbocycles. The van der Waals surface area contributed by atoms with Gasteiger partial charge in [-0.15, -0.1) is 0 Å². The summed E-state index contributed by atoms with van der Waals surface area (Å²) in [6.45, 7) is 4.86. The first-order valence-electron chi connectivity index (χ1n) is 11.5. The number of anilines is 1. The van der Waals surface area contributed by atoms with E-state index < -0.39 is 28.5 Å². The molecule has 198 valence electrons. The van der Waals surface area contributed by atoms with E-state index in [-0.39, 0.29) is 29.9 Å². The highest BCUT2D eigenvalue weighted by molar-refractivity contribution is 7.92. The Labute approximate surface area is 218 Å². The highest BCUT2D eigenvalue weighted by Crippen LogP contribution is 2.34. The van der Waals surface area contributed by atoms with E-state index in [1.54, 1.807) is 43.3 Å². The summed E-state index contributed by atoms with van der Waals surface area (Å²) < 4.78 is 37.2. The zero-order chi connectivity index (χ0) is 27.0. The maximum atomic E-state index is 13.7. The third kappa shape index (κ3) is 7.51. The molecule has 2 aromatic rings. The van der Waals surface area contributed by atoms with Gasteiger partial charge in [0.15, 0.2) is 0 Å². The fourth-order valence-electron chi connectivity index (χ4n) is 3.44. The van der Waals surface area contributed by atoms with Crippen molar-refractivity contribution in [1.82, 2.24) is 10.2 Å². The Morgan fingerprint density at radius 3 is 2.31 bits per heavy atom. The van der Waals surface area contributed by atoms with Gasteiger partial charge in [-0.25, -0.2) is 8.42 Å². The number of carbonyl (C=O) groups is 2. The second kappa shape index (κ2) is 12.8. The van der Waals surface area contributed by atoms with E-state index in [4.69, 9.17) is 21.1 Å². The number of ether oxygens (including phenoxy) is 2. The Kier molecular flexibility index (Phi) is 10.4. The number of rotatable bonds is 12. The van der Waals surface area contributed by atoms with Crippen molar-refractivity contribution in [3.05, 3.63) is 53.1 Å². The Bertz CT molecular complexity index is 1170. The van der Waals surface area contributed by atoms with Crippen molar-refractivity contribution in [2.24, 2.45) is 0 Å². The van der Waals surface area contributed by atoms with Gasteiger partial charge >= 0.3 is 0 Å². The molecule has 0 heterocycles. The summed E-state index contributed by atoms with van der Waals surface area (Å²) in [5, 5.41) is 3.31. The van der Waals surface area contributed by atoms with Crippen LogP contribution in [0.1, 0.15) is 32.8 Å². The van der Waals surface area contributed by atoms with Gasteiger partial charge in [-0.2, -0.15) is 0 Å². The molecule has 2 rings (SSSR count). The van der Waals surface area contributed by atoms with Crippen LogP contribution in [0.2, 0.25) is 5.02 Å². The van der Waals surface area contributed by atoms with Crippen molar-refractivity contribution in [3.8, 4) is 11.5 Å². The molecule has 2 aromatic carbocycles. The van der Waals surface area contributed by atoms with Crippen molar-refractivity contribution in [3.63, 3.8) is 0 Å². The minimum Gasteiger partial charge on any atom is -0.497 e. The fourth-order valence-corrected chi connectivity index (χ4v) is 4.49. The van der Waals surface area contributed by atoms with Gasteiger partial charge in [-0.1, -0.05) is 36.7 Å². The number of carbonyl (C=O) groups excluding carboxylic acids is 2. The molecule has 0 bridgehead atoms. The third-order valence-corrected chi connectivity index (χ3v) is 7.30. The number of hydrogen-bond donors (Lipinski definition) is 1. The van der Waals surface area contributed by atoms with E-state index in [1.807, 2.05) is 13.8 Å². The van der Waals surface area contributed by atoms with E-state index in [2.05, 4.69) is 5.32 Å². The molecule has 36 heavy (non-hydrogen) atoms.